The number of rotatable bonds is 2. The number of benzene rings is 1. The summed E-state index contributed by atoms with van der Waals surface area (Å²) in [6.07, 6.45) is 0. The molecule has 1 heterocycles. The van der Waals surface area contributed by atoms with Gasteiger partial charge >= 0.3 is 0 Å². The van der Waals surface area contributed by atoms with Crippen LogP contribution in [0.25, 0.3) is 0 Å². The summed E-state index contributed by atoms with van der Waals surface area (Å²) in [5.41, 5.74) is 6.63. The summed E-state index contributed by atoms with van der Waals surface area (Å²) in [7, 11) is 1.44. The lowest BCUT2D eigenvalue weighted by Gasteiger charge is -2.09. The van der Waals surface area contributed by atoms with Crippen molar-refractivity contribution in [3.8, 4) is 0 Å². The molecule has 2 aromatic rings. The Kier molecular flexibility index (Phi) is 4.36. The Labute approximate surface area is 126 Å². The van der Waals surface area contributed by atoms with Crippen LogP contribution in [-0.4, -0.2) is 21.6 Å². The van der Waals surface area contributed by atoms with Crippen LogP contribution >= 0.6 is 0 Å². The molecule has 0 aliphatic carbocycles. The first-order chi connectivity index (χ1) is 10.4. The van der Waals surface area contributed by atoms with E-state index in [9.17, 15) is 14.4 Å². The maximum atomic E-state index is 12.0. The molecule has 0 aliphatic rings. The summed E-state index contributed by atoms with van der Waals surface area (Å²) >= 11 is 0. The highest BCUT2D eigenvalue weighted by Gasteiger charge is 2.12. The quantitative estimate of drug-likeness (QED) is 0.789. The second kappa shape index (κ2) is 6.21. The molecule has 1 aromatic heterocycles. The average molecular weight is 300 g/mol. The smallest absolute Gasteiger partial charge is 0.268 e. The number of hydrogen-bond donors (Lipinski definition) is 2. The monoisotopic (exact) mass is 300 g/mol. The van der Waals surface area contributed by atoms with E-state index in [1.54, 1.807) is 6.07 Å². The molecular weight excluding hydrogens is 284 g/mol. The van der Waals surface area contributed by atoms with Crippen LogP contribution in [0.4, 0.5) is 0 Å². The third-order valence-corrected chi connectivity index (χ3v) is 3.11. The van der Waals surface area contributed by atoms with Crippen LogP contribution in [0.1, 0.15) is 32.0 Å². The highest BCUT2D eigenvalue weighted by atomic mass is 16.2. The van der Waals surface area contributed by atoms with Gasteiger partial charge in [0.05, 0.1) is 0 Å². The van der Waals surface area contributed by atoms with Crippen LogP contribution in [-0.2, 0) is 7.05 Å². The fourth-order valence-corrected chi connectivity index (χ4v) is 1.94. The van der Waals surface area contributed by atoms with E-state index in [1.807, 2.05) is 26.0 Å². The first-order valence-electron chi connectivity index (χ1n) is 6.61. The SMILES string of the molecule is Cc1ccc(C(=O)NNC(=O)c2ccc(=O)n(C)n2)c(C)c1. The molecule has 2 N–H and O–H groups in total. The molecule has 0 bridgehead atoms. The van der Waals surface area contributed by atoms with Crippen molar-refractivity contribution in [2.45, 2.75) is 13.8 Å². The molecule has 7 nitrogen and oxygen atoms in total. The van der Waals surface area contributed by atoms with E-state index in [2.05, 4.69) is 16.0 Å². The zero-order valence-electron chi connectivity index (χ0n) is 12.5. The summed E-state index contributed by atoms with van der Waals surface area (Å²) in [4.78, 5) is 35.1. The van der Waals surface area contributed by atoms with Gasteiger partial charge in [-0.15, -0.1) is 0 Å². The normalized spacial score (nSPS) is 10.1. The van der Waals surface area contributed by atoms with E-state index in [0.29, 0.717) is 5.56 Å². The van der Waals surface area contributed by atoms with Gasteiger partial charge in [-0.3, -0.25) is 25.2 Å². The molecule has 114 valence electrons. The fraction of sp³-hybridized carbons (Fsp3) is 0.200. The van der Waals surface area contributed by atoms with Crippen LogP contribution < -0.4 is 16.4 Å². The number of carbonyl (C=O) groups is 2. The first-order valence-corrected chi connectivity index (χ1v) is 6.61. The Morgan fingerprint density at radius 1 is 1.05 bits per heavy atom. The molecule has 0 aliphatic heterocycles. The van der Waals surface area contributed by atoms with Gasteiger partial charge in [0.25, 0.3) is 17.4 Å². The lowest BCUT2D eigenvalue weighted by Crippen LogP contribution is -2.42. The number of carbonyl (C=O) groups excluding carboxylic acids is 2. The summed E-state index contributed by atoms with van der Waals surface area (Å²) in [5, 5.41) is 3.79. The average Bonchev–Trinajstić information content (AvgIpc) is 2.47. The number of amides is 2. The topological polar surface area (TPSA) is 93.1 Å². The van der Waals surface area contributed by atoms with Crippen molar-refractivity contribution in [3.63, 3.8) is 0 Å². The number of aryl methyl sites for hydroxylation is 3. The Hall–Kier alpha value is -2.96. The number of nitrogens with one attached hydrogen (secondary N) is 2. The largest absolute Gasteiger partial charge is 0.290 e. The van der Waals surface area contributed by atoms with E-state index >= 15 is 0 Å². The van der Waals surface area contributed by atoms with Crippen molar-refractivity contribution in [2.24, 2.45) is 7.05 Å². The maximum absolute atomic E-state index is 12.0. The van der Waals surface area contributed by atoms with Crippen molar-refractivity contribution >= 4 is 11.8 Å². The van der Waals surface area contributed by atoms with Gasteiger partial charge in [-0.25, -0.2) is 4.68 Å². The minimum Gasteiger partial charge on any atom is -0.268 e. The molecule has 0 fully saturated rings. The van der Waals surface area contributed by atoms with E-state index in [1.165, 1.54) is 19.2 Å². The van der Waals surface area contributed by atoms with E-state index in [0.717, 1.165) is 15.8 Å². The Morgan fingerprint density at radius 3 is 2.36 bits per heavy atom. The number of hydrogen-bond acceptors (Lipinski definition) is 4. The summed E-state index contributed by atoms with van der Waals surface area (Å²) < 4.78 is 1.04. The van der Waals surface area contributed by atoms with E-state index in [4.69, 9.17) is 0 Å². The summed E-state index contributed by atoms with van der Waals surface area (Å²) in [6.45, 7) is 3.75. The van der Waals surface area contributed by atoms with Crippen LogP contribution in [0.15, 0.2) is 35.1 Å². The highest BCUT2D eigenvalue weighted by molar-refractivity contribution is 5.99. The van der Waals surface area contributed by atoms with Crippen molar-refractivity contribution in [3.05, 3.63) is 63.1 Å². The lowest BCUT2D eigenvalue weighted by molar-refractivity contribution is 0.0842. The third-order valence-electron chi connectivity index (χ3n) is 3.11. The fourth-order valence-electron chi connectivity index (χ4n) is 1.94. The zero-order valence-corrected chi connectivity index (χ0v) is 12.5. The molecule has 0 saturated carbocycles. The second-order valence-electron chi connectivity index (χ2n) is 4.91. The van der Waals surface area contributed by atoms with Crippen LogP contribution in [0.5, 0.6) is 0 Å². The van der Waals surface area contributed by atoms with Gasteiger partial charge in [-0.1, -0.05) is 17.7 Å². The van der Waals surface area contributed by atoms with Crippen molar-refractivity contribution < 1.29 is 9.59 Å². The number of aromatic nitrogens is 2. The lowest BCUT2D eigenvalue weighted by atomic mass is 10.1. The Morgan fingerprint density at radius 2 is 1.73 bits per heavy atom. The standard InChI is InChI=1S/C15H16N4O3/c1-9-4-5-11(10(2)8-9)14(21)16-17-15(22)12-6-7-13(20)19(3)18-12/h4-8H,1-3H3,(H,16,21)(H,17,22). The van der Waals surface area contributed by atoms with Gasteiger partial charge in [-0.05, 0) is 31.5 Å². The van der Waals surface area contributed by atoms with Gasteiger partial charge in [-0.2, -0.15) is 5.10 Å². The molecule has 0 saturated heterocycles. The minimum absolute atomic E-state index is 0.0306. The van der Waals surface area contributed by atoms with Crippen molar-refractivity contribution in [1.29, 1.82) is 0 Å². The predicted octanol–water partition coefficient (Wildman–Crippen LogP) is 0.472. The van der Waals surface area contributed by atoms with Gasteiger partial charge in [0, 0.05) is 18.7 Å². The molecule has 0 radical (unpaired) electrons. The summed E-state index contributed by atoms with van der Waals surface area (Å²) in [6, 6.07) is 7.91. The summed E-state index contributed by atoms with van der Waals surface area (Å²) in [5.74, 6) is -1.02. The maximum Gasteiger partial charge on any atom is 0.290 e. The molecule has 2 rings (SSSR count). The Balaban J connectivity index is 2.05. The van der Waals surface area contributed by atoms with Crippen LogP contribution in [0.2, 0.25) is 0 Å². The Bertz CT molecular complexity index is 796. The van der Waals surface area contributed by atoms with Crippen molar-refractivity contribution in [1.82, 2.24) is 20.6 Å². The minimum atomic E-state index is -0.603. The van der Waals surface area contributed by atoms with E-state index < -0.39 is 11.8 Å². The molecule has 22 heavy (non-hydrogen) atoms. The van der Waals surface area contributed by atoms with E-state index in [-0.39, 0.29) is 11.3 Å². The van der Waals surface area contributed by atoms with Crippen molar-refractivity contribution in [2.75, 3.05) is 0 Å². The van der Waals surface area contributed by atoms with Gasteiger partial charge in [0.2, 0.25) is 0 Å². The zero-order chi connectivity index (χ0) is 16.3. The molecule has 7 heteroatoms. The van der Waals surface area contributed by atoms with Gasteiger partial charge in [0.15, 0.2) is 5.69 Å². The molecule has 0 atom stereocenters. The molecule has 1 aromatic carbocycles. The molecule has 2 amide bonds. The highest BCUT2D eigenvalue weighted by Crippen LogP contribution is 2.09. The molecule has 0 spiro atoms. The number of hydrazine groups is 1. The number of nitrogens with zero attached hydrogens (tertiary/aromatic N) is 2. The second-order valence-corrected chi connectivity index (χ2v) is 4.91. The predicted molar refractivity (Wildman–Crippen MR) is 80.3 cm³/mol. The first kappa shape index (κ1) is 15.4. The van der Waals surface area contributed by atoms with Crippen LogP contribution in [0.3, 0.4) is 0 Å². The van der Waals surface area contributed by atoms with Crippen LogP contribution in [0, 0.1) is 13.8 Å². The van der Waals surface area contributed by atoms with Gasteiger partial charge < -0.3 is 0 Å². The molecular formula is C15H16N4O3. The third kappa shape index (κ3) is 3.38. The molecule has 0 unspecified atom stereocenters. The van der Waals surface area contributed by atoms with Gasteiger partial charge in [0.1, 0.15) is 0 Å².